The highest BCUT2D eigenvalue weighted by molar-refractivity contribution is 6.99. The second-order valence-corrected chi connectivity index (χ2v) is 10.4. The summed E-state index contributed by atoms with van der Waals surface area (Å²) in [5.41, 5.74) is 0.847. The van der Waals surface area contributed by atoms with Crippen molar-refractivity contribution in [1.29, 1.82) is 0 Å². The molecule has 0 saturated carbocycles. The Balaban J connectivity index is 1.12. The molecule has 0 spiro atoms. The number of halogens is 1. The molecule has 4 saturated heterocycles. The van der Waals surface area contributed by atoms with E-state index in [4.69, 9.17) is 18.9 Å². The Morgan fingerprint density at radius 3 is 2.81 bits per heavy atom. The molecule has 2 unspecified atom stereocenters. The Kier molecular flexibility index (Phi) is 5.73. The number of amides is 2. The van der Waals surface area contributed by atoms with Crippen LogP contribution in [-0.4, -0.2) is 88.6 Å². The normalized spacial score (nSPS) is 28.8. The van der Waals surface area contributed by atoms with Gasteiger partial charge in [0.15, 0.2) is 11.9 Å². The van der Waals surface area contributed by atoms with Crippen LogP contribution in [-0.2, 0) is 19.0 Å². The minimum atomic E-state index is -0.763. The Morgan fingerprint density at radius 2 is 2.14 bits per heavy atom. The number of hydrogen-bond donors (Lipinski definition) is 0. The summed E-state index contributed by atoms with van der Waals surface area (Å²) in [4.78, 5) is 30.6. The fourth-order valence-corrected chi connectivity index (χ4v) is 5.77. The highest BCUT2D eigenvalue weighted by atomic mass is 32.1. The van der Waals surface area contributed by atoms with Crippen LogP contribution in [0.3, 0.4) is 0 Å². The molecule has 0 aliphatic carbocycles. The molecule has 13 heteroatoms. The molecule has 4 fully saturated rings. The van der Waals surface area contributed by atoms with Crippen LogP contribution in [0.15, 0.2) is 24.4 Å². The SMILES string of the molecule is CC1(C)OC[C@@H](C(=O)N2CC3CC2CN3c2ccc(N3C(=O)OC[C@H]3COc3cnsn3)cc2F)O1. The van der Waals surface area contributed by atoms with Crippen LogP contribution < -0.4 is 14.5 Å². The topological polar surface area (TPSA) is 107 Å². The summed E-state index contributed by atoms with van der Waals surface area (Å²) in [5, 5.41) is 0. The number of carbonyl (C=O) groups excluding carboxylic acids is 2. The zero-order valence-corrected chi connectivity index (χ0v) is 20.6. The van der Waals surface area contributed by atoms with E-state index in [-0.39, 0.29) is 37.8 Å². The Bertz CT molecular complexity index is 1170. The van der Waals surface area contributed by atoms with E-state index in [0.29, 0.717) is 30.3 Å². The molecule has 11 nitrogen and oxygen atoms in total. The predicted octanol–water partition coefficient (Wildman–Crippen LogP) is 2.02. The molecular weight excluding hydrogens is 493 g/mol. The van der Waals surface area contributed by atoms with Gasteiger partial charge in [0.1, 0.15) is 31.3 Å². The molecular formula is C23H26FN5O6S. The minimum absolute atomic E-state index is 0.0100. The Morgan fingerprint density at radius 1 is 1.28 bits per heavy atom. The molecule has 5 heterocycles. The zero-order chi connectivity index (χ0) is 25.0. The maximum absolute atomic E-state index is 15.3. The van der Waals surface area contributed by atoms with Crippen molar-refractivity contribution >= 4 is 35.1 Å². The molecule has 1 aromatic carbocycles. The summed E-state index contributed by atoms with van der Waals surface area (Å²) in [6, 6.07) is 4.33. The van der Waals surface area contributed by atoms with Crippen LogP contribution in [0, 0.1) is 5.82 Å². The molecule has 0 N–H and O–H groups in total. The number of fused-ring (bicyclic) bond motifs is 2. The fourth-order valence-electron chi connectivity index (χ4n) is 5.40. The average Bonchev–Trinajstić information content (AvgIpc) is 3.66. The highest BCUT2D eigenvalue weighted by Crippen LogP contribution is 2.38. The van der Waals surface area contributed by atoms with Gasteiger partial charge in [0, 0.05) is 19.1 Å². The first-order valence-electron chi connectivity index (χ1n) is 11.8. The second-order valence-electron chi connectivity index (χ2n) is 9.80. The lowest BCUT2D eigenvalue weighted by Gasteiger charge is -2.36. The smallest absolute Gasteiger partial charge is 0.414 e. The van der Waals surface area contributed by atoms with Crippen molar-refractivity contribution < 1.29 is 32.9 Å². The third kappa shape index (κ3) is 4.14. The van der Waals surface area contributed by atoms with Crippen molar-refractivity contribution in [2.75, 3.05) is 42.7 Å². The quantitative estimate of drug-likeness (QED) is 0.567. The van der Waals surface area contributed by atoms with Gasteiger partial charge >= 0.3 is 6.09 Å². The summed E-state index contributed by atoms with van der Waals surface area (Å²) < 4.78 is 45.3. The van der Waals surface area contributed by atoms with E-state index in [2.05, 4.69) is 8.75 Å². The third-order valence-corrected chi connectivity index (χ3v) is 7.51. The maximum Gasteiger partial charge on any atom is 0.414 e. The van der Waals surface area contributed by atoms with Gasteiger partial charge < -0.3 is 28.7 Å². The molecule has 1 aromatic heterocycles. The van der Waals surface area contributed by atoms with Crippen LogP contribution in [0.5, 0.6) is 5.88 Å². The van der Waals surface area contributed by atoms with E-state index in [0.717, 1.165) is 18.1 Å². The standard InChI is InChI=1S/C23H26FN5O6S/c1-23(2)34-12-19(35-23)21(30)28-9-14-5-15(28)8-27(14)18-4-3-13(6-17(18)24)29-16(11-33-22(29)31)10-32-20-7-25-36-26-20/h3-4,6-7,14-16,19H,5,8-12H2,1-2H3/t14?,15?,16-,19+/m1/s1. The number of benzene rings is 1. The summed E-state index contributed by atoms with van der Waals surface area (Å²) in [7, 11) is 0. The number of piperazine rings is 1. The summed E-state index contributed by atoms with van der Waals surface area (Å²) in [6.07, 6.45) is 1.11. The van der Waals surface area contributed by atoms with Crippen LogP contribution in [0.2, 0.25) is 0 Å². The van der Waals surface area contributed by atoms with Gasteiger partial charge in [0.2, 0.25) is 5.88 Å². The van der Waals surface area contributed by atoms with Crippen LogP contribution in [0.1, 0.15) is 20.3 Å². The summed E-state index contributed by atoms with van der Waals surface area (Å²) >= 11 is 1.02. The van der Waals surface area contributed by atoms with Crippen LogP contribution in [0.4, 0.5) is 20.6 Å². The number of anilines is 2. The minimum Gasteiger partial charge on any atom is -0.474 e. The van der Waals surface area contributed by atoms with Gasteiger partial charge in [-0.15, -0.1) is 4.37 Å². The summed E-state index contributed by atoms with van der Waals surface area (Å²) in [6.45, 7) is 5.15. The second kappa shape index (κ2) is 8.82. The first-order chi connectivity index (χ1) is 17.3. The lowest BCUT2D eigenvalue weighted by molar-refractivity contribution is -0.160. The highest BCUT2D eigenvalue weighted by Gasteiger charge is 2.49. The van der Waals surface area contributed by atoms with E-state index in [1.165, 1.54) is 17.2 Å². The Hall–Kier alpha value is -3.03. The zero-order valence-electron chi connectivity index (χ0n) is 19.8. The number of aromatic nitrogens is 2. The van der Waals surface area contributed by atoms with Gasteiger partial charge in [-0.05, 0) is 38.5 Å². The van der Waals surface area contributed by atoms with Crippen molar-refractivity contribution in [2.45, 2.75) is 50.3 Å². The average molecular weight is 520 g/mol. The third-order valence-electron chi connectivity index (χ3n) is 7.05. The number of hydrogen-bond acceptors (Lipinski definition) is 10. The lowest BCUT2D eigenvalue weighted by Crippen LogP contribution is -2.52. The van der Waals surface area contributed by atoms with Gasteiger partial charge in [-0.25, -0.2) is 9.18 Å². The van der Waals surface area contributed by atoms with Gasteiger partial charge in [-0.1, -0.05) is 0 Å². The predicted molar refractivity (Wildman–Crippen MR) is 126 cm³/mol. The molecule has 4 aliphatic rings. The number of ether oxygens (including phenoxy) is 4. The molecule has 2 bridgehead atoms. The number of nitrogens with zero attached hydrogens (tertiary/aromatic N) is 5. The largest absolute Gasteiger partial charge is 0.474 e. The van der Waals surface area contributed by atoms with Crippen LogP contribution >= 0.6 is 11.7 Å². The molecule has 4 aliphatic heterocycles. The maximum atomic E-state index is 15.3. The molecule has 36 heavy (non-hydrogen) atoms. The van der Waals surface area contributed by atoms with E-state index in [1.54, 1.807) is 26.0 Å². The van der Waals surface area contributed by atoms with Gasteiger partial charge in [0.25, 0.3) is 5.91 Å². The molecule has 2 aromatic rings. The van der Waals surface area contributed by atoms with Crippen molar-refractivity contribution in [3.63, 3.8) is 0 Å². The molecule has 6 rings (SSSR count). The van der Waals surface area contributed by atoms with Gasteiger partial charge in [0.05, 0.1) is 35.8 Å². The molecule has 192 valence electrons. The van der Waals surface area contributed by atoms with Crippen LogP contribution in [0.25, 0.3) is 0 Å². The van der Waals surface area contributed by atoms with Crippen molar-refractivity contribution in [3.05, 3.63) is 30.2 Å². The number of likely N-dealkylation sites (tertiary alicyclic amines) is 1. The van der Waals surface area contributed by atoms with E-state index in [9.17, 15) is 9.59 Å². The number of carbonyl (C=O) groups is 2. The summed E-state index contributed by atoms with van der Waals surface area (Å²) in [5.74, 6) is -0.901. The van der Waals surface area contributed by atoms with Gasteiger partial charge in [-0.3, -0.25) is 9.69 Å². The number of cyclic esters (lactones) is 1. The van der Waals surface area contributed by atoms with Crippen molar-refractivity contribution in [3.8, 4) is 5.88 Å². The molecule has 0 radical (unpaired) electrons. The fraction of sp³-hybridized carbons (Fsp3) is 0.565. The number of rotatable bonds is 6. The monoisotopic (exact) mass is 519 g/mol. The Labute approximate surface area is 211 Å². The molecule has 2 amide bonds. The van der Waals surface area contributed by atoms with Crippen molar-refractivity contribution in [1.82, 2.24) is 13.6 Å². The first kappa shape index (κ1) is 23.4. The lowest BCUT2D eigenvalue weighted by atomic mass is 10.1. The van der Waals surface area contributed by atoms with Gasteiger partial charge in [-0.2, -0.15) is 4.37 Å². The first-order valence-corrected chi connectivity index (χ1v) is 12.6. The van der Waals surface area contributed by atoms with E-state index < -0.39 is 29.8 Å². The van der Waals surface area contributed by atoms with Crippen molar-refractivity contribution in [2.24, 2.45) is 0 Å². The van der Waals surface area contributed by atoms with E-state index in [1.807, 2.05) is 9.80 Å². The van der Waals surface area contributed by atoms with E-state index >= 15 is 4.39 Å². The molecule has 4 atom stereocenters.